The first-order valence-corrected chi connectivity index (χ1v) is 5.16. The molecule has 0 aliphatic carbocycles. The van der Waals surface area contributed by atoms with Crippen LogP contribution in [0.1, 0.15) is 5.82 Å². The highest BCUT2D eigenvalue weighted by Crippen LogP contribution is 2.15. The molecule has 2 heterocycles. The summed E-state index contributed by atoms with van der Waals surface area (Å²) in [4.78, 5) is 12.5. The van der Waals surface area contributed by atoms with Gasteiger partial charge in [-0.05, 0) is 6.92 Å². The average molecular weight is 226 g/mol. The predicted molar refractivity (Wildman–Crippen MR) is 63.2 cm³/mol. The van der Waals surface area contributed by atoms with Crippen LogP contribution in [0.3, 0.4) is 0 Å². The van der Waals surface area contributed by atoms with Gasteiger partial charge in [-0.15, -0.1) is 5.10 Å². The highest BCUT2D eigenvalue weighted by molar-refractivity contribution is 5.57. The summed E-state index contributed by atoms with van der Waals surface area (Å²) in [7, 11) is 0. The zero-order valence-corrected chi connectivity index (χ0v) is 9.20. The van der Waals surface area contributed by atoms with E-state index in [1.807, 2.05) is 30.3 Å². The first kappa shape index (κ1) is 9.71. The molecule has 6 heteroatoms. The molecule has 0 radical (unpaired) electrons. The number of benzene rings is 1. The Balaban J connectivity index is 2.24. The zero-order chi connectivity index (χ0) is 11.8. The second kappa shape index (κ2) is 3.51. The first-order chi connectivity index (χ1) is 8.24. The van der Waals surface area contributed by atoms with E-state index in [0.717, 1.165) is 5.56 Å². The Morgan fingerprint density at radius 3 is 2.59 bits per heavy atom. The van der Waals surface area contributed by atoms with Crippen molar-refractivity contribution < 1.29 is 0 Å². The minimum absolute atomic E-state index is 0.294. The van der Waals surface area contributed by atoms with E-state index in [0.29, 0.717) is 23.4 Å². The van der Waals surface area contributed by atoms with Crippen LogP contribution < -0.4 is 5.73 Å². The smallest absolute Gasteiger partial charge is 0.257 e. The van der Waals surface area contributed by atoms with Gasteiger partial charge >= 0.3 is 0 Å². The lowest BCUT2D eigenvalue weighted by Gasteiger charge is -1.95. The van der Waals surface area contributed by atoms with Crippen LogP contribution in [0.25, 0.3) is 17.2 Å². The molecule has 0 saturated heterocycles. The highest BCUT2D eigenvalue weighted by atomic mass is 15.4. The number of hydrogen-bond donors (Lipinski definition) is 1. The molecular formula is C11H10N6. The molecule has 0 unspecified atom stereocenters. The third-order valence-corrected chi connectivity index (χ3v) is 2.38. The number of nitrogen functional groups attached to an aromatic ring is 1. The molecule has 1 aromatic carbocycles. The average Bonchev–Trinajstić information content (AvgIpc) is 2.74. The zero-order valence-electron chi connectivity index (χ0n) is 9.20. The van der Waals surface area contributed by atoms with Crippen molar-refractivity contribution in [3.63, 3.8) is 0 Å². The van der Waals surface area contributed by atoms with E-state index in [-0.39, 0.29) is 0 Å². The second-order valence-corrected chi connectivity index (χ2v) is 3.64. The number of nitrogens with zero attached hydrogens (tertiary/aromatic N) is 5. The summed E-state index contributed by atoms with van der Waals surface area (Å²) in [5.74, 6) is 1.94. The van der Waals surface area contributed by atoms with Gasteiger partial charge in [0.25, 0.3) is 5.78 Å². The van der Waals surface area contributed by atoms with Gasteiger partial charge in [0, 0.05) is 5.56 Å². The first-order valence-electron chi connectivity index (χ1n) is 5.16. The van der Waals surface area contributed by atoms with E-state index in [2.05, 4.69) is 20.1 Å². The van der Waals surface area contributed by atoms with Gasteiger partial charge in [-0.25, -0.2) is 0 Å². The molecule has 17 heavy (non-hydrogen) atoms. The largest absolute Gasteiger partial charge is 0.368 e. The van der Waals surface area contributed by atoms with Crippen LogP contribution in [0.5, 0.6) is 0 Å². The standard InChI is InChI=1S/C11H10N6/c1-7-13-10(12)17-11(14-7)15-9(16-17)8-5-3-2-4-6-8/h2-6H,1H3,(H2,12,13,14,15,16). The minimum Gasteiger partial charge on any atom is -0.368 e. The van der Waals surface area contributed by atoms with Crippen molar-refractivity contribution >= 4 is 11.7 Å². The van der Waals surface area contributed by atoms with Crippen LogP contribution in [-0.4, -0.2) is 24.6 Å². The van der Waals surface area contributed by atoms with E-state index in [4.69, 9.17) is 5.73 Å². The summed E-state index contributed by atoms with van der Waals surface area (Å²) in [6.45, 7) is 1.77. The van der Waals surface area contributed by atoms with Crippen LogP contribution in [0.4, 0.5) is 5.95 Å². The fourth-order valence-corrected chi connectivity index (χ4v) is 1.62. The summed E-state index contributed by atoms with van der Waals surface area (Å²) in [5, 5.41) is 4.28. The van der Waals surface area contributed by atoms with Crippen LogP contribution in [0.2, 0.25) is 0 Å². The van der Waals surface area contributed by atoms with Gasteiger partial charge in [-0.2, -0.15) is 19.5 Å². The van der Waals surface area contributed by atoms with Gasteiger partial charge in [-0.1, -0.05) is 30.3 Å². The molecule has 0 bridgehead atoms. The Bertz CT molecular complexity index is 673. The monoisotopic (exact) mass is 226 g/mol. The maximum absolute atomic E-state index is 5.76. The molecule has 0 fully saturated rings. The molecule has 84 valence electrons. The van der Waals surface area contributed by atoms with Crippen molar-refractivity contribution in [1.82, 2.24) is 24.6 Å². The quantitative estimate of drug-likeness (QED) is 0.671. The number of hydrogen-bond acceptors (Lipinski definition) is 5. The fourth-order valence-electron chi connectivity index (χ4n) is 1.62. The molecule has 0 aliphatic heterocycles. The lowest BCUT2D eigenvalue weighted by atomic mass is 10.2. The number of aromatic nitrogens is 5. The molecule has 0 saturated carbocycles. The Labute approximate surface area is 97.2 Å². The van der Waals surface area contributed by atoms with Gasteiger partial charge < -0.3 is 5.73 Å². The van der Waals surface area contributed by atoms with Crippen molar-refractivity contribution in [3.8, 4) is 11.4 Å². The van der Waals surface area contributed by atoms with Gasteiger partial charge in [0.15, 0.2) is 5.82 Å². The summed E-state index contributed by atoms with van der Waals surface area (Å²) in [6, 6.07) is 9.68. The predicted octanol–water partition coefficient (Wildman–Crippen LogP) is 1.08. The number of fused-ring (bicyclic) bond motifs is 1. The van der Waals surface area contributed by atoms with Crippen molar-refractivity contribution in [2.24, 2.45) is 0 Å². The lowest BCUT2D eigenvalue weighted by Crippen LogP contribution is -2.05. The number of anilines is 1. The molecule has 0 amide bonds. The van der Waals surface area contributed by atoms with Gasteiger partial charge in [0.2, 0.25) is 5.95 Å². The van der Waals surface area contributed by atoms with Crippen molar-refractivity contribution in [2.45, 2.75) is 6.92 Å². The Hall–Kier alpha value is -2.50. The number of nitrogens with two attached hydrogens (primary N) is 1. The van der Waals surface area contributed by atoms with E-state index in [9.17, 15) is 0 Å². The third-order valence-electron chi connectivity index (χ3n) is 2.38. The topological polar surface area (TPSA) is 82.0 Å². The highest BCUT2D eigenvalue weighted by Gasteiger charge is 2.09. The Morgan fingerprint density at radius 2 is 1.82 bits per heavy atom. The van der Waals surface area contributed by atoms with E-state index in [1.165, 1.54) is 4.52 Å². The second-order valence-electron chi connectivity index (χ2n) is 3.64. The summed E-state index contributed by atoms with van der Waals surface area (Å²) < 4.78 is 1.44. The fraction of sp³-hybridized carbons (Fsp3) is 0.0909. The Morgan fingerprint density at radius 1 is 1.06 bits per heavy atom. The van der Waals surface area contributed by atoms with Gasteiger partial charge in [-0.3, -0.25) is 0 Å². The summed E-state index contributed by atoms with van der Waals surface area (Å²) in [6.07, 6.45) is 0. The van der Waals surface area contributed by atoms with Crippen molar-refractivity contribution in [1.29, 1.82) is 0 Å². The lowest BCUT2D eigenvalue weighted by molar-refractivity contribution is 0.887. The van der Waals surface area contributed by atoms with Crippen LogP contribution in [0.15, 0.2) is 30.3 Å². The van der Waals surface area contributed by atoms with Crippen LogP contribution >= 0.6 is 0 Å². The normalized spacial score (nSPS) is 10.9. The van der Waals surface area contributed by atoms with E-state index >= 15 is 0 Å². The van der Waals surface area contributed by atoms with Gasteiger partial charge in [0.05, 0.1) is 0 Å². The molecule has 2 aromatic heterocycles. The molecule has 3 aromatic rings. The van der Waals surface area contributed by atoms with Gasteiger partial charge in [0.1, 0.15) is 5.82 Å². The number of rotatable bonds is 1. The van der Waals surface area contributed by atoms with Crippen LogP contribution in [0, 0.1) is 6.92 Å². The summed E-state index contributed by atoms with van der Waals surface area (Å²) >= 11 is 0. The van der Waals surface area contributed by atoms with Crippen molar-refractivity contribution in [2.75, 3.05) is 5.73 Å². The maximum Gasteiger partial charge on any atom is 0.257 e. The van der Waals surface area contributed by atoms with Crippen molar-refractivity contribution in [3.05, 3.63) is 36.2 Å². The molecule has 6 nitrogen and oxygen atoms in total. The molecule has 0 atom stereocenters. The minimum atomic E-state index is 0.294. The molecule has 2 N–H and O–H groups in total. The molecule has 0 aliphatic rings. The van der Waals surface area contributed by atoms with E-state index < -0.39 is 0 Å². The van der Waals surface area contributed by atoms with E-state index in [1.54, 1.807) is 6.92 Å². The SMILES string of the molecule is Cc1nc(N)n2nc(-c3ccccc3)nc2n1. The van der Waals surface area contributed by atoms with Crippen LogP contribution in [-0.2, 0) is 0 Å². The maximum atomic E-state index is 5.76. The Kier molecular flexibility index (Phi) is 2.01. The number of aryl methyl sites for hydroxylation is 1. The molecular weight excluding hydrogens is 216 g/mol. The third kappa shape index (κ3) is 1.59. The molecule has 0 spiro atoms. The summed E-state index contributed by atoms with van der Waals surface area (Å²) in [5.41, 5.74) is 6.68. The molecule has 3 rings (SSSR count).